The summed E-state index contributed by atoms with van der Waals surface area (Å²) < 4.78 is 27.3. The average Bonchev–Trinajstić information content (AvgIpc) is 2.89. The summed E-state index contributed by atoms with van der Waals surface area (Å²) in [6.45, 7) is 0. The molecule has 3 aromatic rings. The van der Waals surface area contributed by atoms with E-state index in [1.165, 1.54) is 18.5 Å². The van der Waals surface area contributed by atoms with E-state index in [0.717, 1.165) is 12.1 Å². The number of carbonyl (C=O) groups is 1. The second-order valence-electron chi connectivity index (χ2n) is 4.28. The first kappa shape index (κ1) is 12.9. The van der Waals surface area contributed by atoms with Crippen LogP contribution in [0.5, 0.6) is 0 Å². The van der Waals surface area contributed by atoms with Gasteiger partial charge in [-0.2, -0.15) is 5.26 Å². The summed E-state index contributed by atoms with van der Waals surface area (Å²) in [5.41, 5.74) is -0.0254. The summed E-state index contributed by atoms with van der Waals surface area (Å²) in [5, 5.41) is 9.19. The van der Waals surface area contributed by atoms with Gasteiger partial charge in [-0.3, -0.25) is 4.79 Å². The Morgan fingerprint density at radius 1 is 1.43 bits per heavy atom. The zero-order chi connectivity index (χ0) is 15.0. The Labute approximate surface area is 117 Å². The molecule has 0 saturated carbocycles. The molecule has 6 heteroatoms. The van der Waals surface area contributed by atoms with Crippen molar-refractivity contribution in [2.75, 3.05) is 0 Å². The number of ketones is 1. The average molecular weight is 282 g/mol. The summed E-state index contributed by atoms with van der Waals surface area (Å²) in [5.74, 6) is -2.85. The molecule has 0 saturated heterocycles. The summed E-state index contributed by atoms with van der Waals surface area (Å²) >= 11 is 0. The van der Waals surface area contributed by atoms with E-state index in [0.29, 0.717) is 11.0 Å². The SMILES string of the molecule is N#Cc1cnc2[nH]cc(C(=O)c3c(F)[c]ccc3F)c2c1. The highest BCUT2D eigenvalue weighted by atomic mass is 19.1. The number of pyridine rings is 1. The van der Waals surface area contributed by atoms with Crippen LogP contribution in [0.4, 0.5) is 8.78 Å². The van der Waals surface area contributed by atoms with Gasteiger partial charge in [-0.1, -0.05) is 0 Å². The van der Waals surface area contributed by atoms with Gasteiger partial charge in [0.1, 0.15) is 23.4 Å². The number of hydrogen-bond acceptors (Lipinski definition) is 3. The third-order valence-electron chi connectivity index (χ3n) is 3.03. The second-order valence-corrected chi connectivity index (χ2v) is 4.28. The van der Waals surface area contributed by atoms with E-state index in [-0.39, 0.29) is 11.1 Å². The molecule has 2 aromatic heterocycles. The molecule has 0 aliphatic heterocycles. The van der Waals surface area contributed by atoms with Gasteiger partial charge < -0.3 is 4.98 Å². The lowest BCUT2D eigenvalue weighted by Crippen LogP contribution is -2.07. The largest absolute Gasteiger partial charge is 0.345 e. The Morgan fingerprint density at radius 3 is 2.95 bits per heavy atom. The van der Waals surface area contributed by atoms with Crippen LogP contribution < -0.4 is 0 Å². The normalized spacial score (nSPS) is 10.5. The van der Waals surface area contributed by atoms with Gasteiger partial charge in [0.05, 0.1) is 11.1 Å². The van der Waals surface area contributed by atoms with Crippen LogP contribution in [0.1, 0.15) is 21.5 Å². The molecule has 101 valence electrons. The van der Waals surface area contributed by atoms with Crippen molar-refractivity contribution in [1.82, 2.24) is 9.97 Å². The van der Waals surface area contributed by atoms with Gasteiger partial charge in [0.15, 0.2) is 0 Å². The Kier molecular flexibility index (Phi) is 2.95. The molecule has 1 N–H and O–H groups in total. The van der Waals surface area contributed by atoms with Gasteiger partial charge in [-0.15, -0.1) is 0 Å². The number of nitrogens with zero attached hydrogens (tertiary/aromatic N) is 2. The molecule has 1 aromatic carbocycles. The molecule has 0 spiro atoms. The first-order valence-electron chi connectivity index (χ1n) is 5.89. The number of fused-ring (bicyclic) bond motifs is 1. The Hall–Kier alpha value is -3.07. The number of aromatic amines is 1. The van der Waals surface area contributed by atoms with Crippen LogP contribution in [0.15, 0.2) is 30.6 Å². The van der Waals surface area contributed by atoms with Gasteiger partial charge in [-0.05, 0) is 18.2 Å². The standard InChI is InChI=1S/C15H6F2N3O/c16-11-2-1-3-12(17)13(11)14(21)10-7-20-15-9(10)4-8(5-18)6-19-15/h1-2,4,6-7H,(H,19,20). The van der Waals surface area contributed by atoms with Crippen LogP contribution in [0.25, 0.3) is 11.0 Å². The molecule has 0 aliphatic rings. The van der Waals surface area contributed by atoms with Crippen molar-refractivity contribution in [3.05, 3.63) is 65.0 Å². The summed E-state index contributed by atoms with van der Waals surface area (Å²) in [4.78, 5) is 19.0. The number of H-pyrrole nitrogens is 1. The van der Waals surface area contributed by atoms with Crippen molar-refractivity contribution in [2.24, 2.45) is 0 Å². The van der Waals surface area contributed by atoms with E-state index < -0.39 is 23.0 Å². The highest BCUT2D eigenvalue weighted by Crippen LogP contribution is 2.23. The van der Waals surface area contributed by atoms with Crippen molar-refractivity contribution in [3.63, 3.8) is 0 Å². The van der Waals surface area contributed by atoms with Crippen molar-refractivity contribution in [2.45, 2.75) is 0 Å². The number of carbonyl (C=O) groups excluding carboxylic acids is 1. The molecule has 0 amide bonds. The molecule has 2 heterocycles. The monoisotopic (exact) mass is 282 g/mol. The predicted octanol–water partition coefficient (Wildman–Crippen LogP) is 2.74. The number of benzene rings is 1. The number of nitriles is 1. The zero-order valence-electron chi connectivity index (χ0n) is 10.4. The maximum absolute atomic E-state index is 13.7. The Balaban J connectivity index is 2.21. The number of nitrogens with one attached hydrogen (secondary N) is 1. The molecular formula is C15H6F2N3O. The second kappa shape index (κ2) is 4.80. The van der Waals surface area contributed by atoms with Crippen LogP contribution in [0.2, 0.25) is 0 Å². The molecule has 0 unspecified atom stereocenters. The minimum Gasteiger partial charge on any atom is -0.345 e. The third-order valence-corrected chi connectivity index (χ3v) is 3.03. The van der Waals surface area contributed by atoms with E-state index in [9.17, 15) is 13.6 Å². The summed E-state index contributed by atoms with van der Waals surface area (Å²) in [6, 6.07) is 7.51. The minimum absolute atomic E-state index is 0.0481. The summed E-state index contributed by atoms with van der Waals surface area (Å²) in [6.07, 6.45) is 2.65. The van der Waals surface area contributed by atoms with Crippen LogP contribution in [0, 0.1) is 29.0 Å². The molecule has 4 nitrogen and oxygen atoms in total. The topological polar surface area (TPSA) is 69.5 Å². The van der Waals surface area contributed by atoms with Crippen LogP contribution in [-0.2, 0) is 0 Å². The lowest BCUT2D eigenvalue weighted by molar-refractivity contribution is 0.103. The van der Waals surface area contributed by atoms with Gasteiger partial charge in [0.25, 0.3) is 0 Å². The molecule has 0 aliphatic carbocycles. The number of halogens is 2. The lowest BCUT2D eigenvalue weighted by Gasteiger charge is -2.02. The van der Waals surface area contributed by atoms with Gasteiger partial charge in [-0.25, -0.2) is 13.8 Å². The van der Waals surface area contributed by atoms with Crippen LogP contribution in [-0.4, -0.2) is 15.8 Å². The zero-order valence-corrected chi connectivity index (χ0v) is 10.4. The number of aromatic nitrogens is 2. The maximum Gasteiger partial charge on any atom is 0.201 e. The molecular weight excluding hydrogens is 276 g/mol. The van der Waals surface area contributed by atoms with Gasteiger partial charge >= 0.3 is 0 Å². The van der Waals surface area contributed by atoms with Crippen molar-refractivity contribution >= 4 is 16.8 Å². The van der Waals surface area contributed by atoms with E-state index >= 15 is 0 Å². The molecule has 3 rings (SSSR count). The highest BCUT2D eigenvalue weighted by Gasteiger charge is 2.22. The highest BCUT2D eigenvalue weighted by molar-refractivity contribution is 6.16. The first-order valence-corrected chi connectivity index (χ1v) is 5.89. The fourth-order valence-electron chi connectivity index (χ4n) is 2.04. The van der Waals surface area contributed by atoms with Crippen molar-refractivity contribution in [3.8, 4) is 6.07 Å². The minimum atomic E-state index is -1.06. The smallest absolute Gasteiger partial charge is 0.201 e. The predicted molar refractivity (Wildman–Crippen MR) is 69.4 cm³/mol. The van der Waals surface area contributed by atoms with E-state index in [2.05, 4.69) is 16.0 Å². The van der Waals surface area contributed by atoms with E-state index in [1.54, 1.807) is 0 Å². The fraction of sp³-hybridized carbons (Fsp3) is 0. The van der Waals surface area contributed by atoms with Crippen LogP contribution in [0.3, 0.4) is 0 Å². The van der Waals surface area contributed by atoms with E-state index in [4.69, 9.17) is 5.26 Å². The molecule has 0 fully saturated rings. The number of rotatable bonds is 2. The Bertz CT molecular complexity index is 889. The molecule has 0 bridgehead atoms. The van der Waals surface area contributed by atoms with Crippen LogP contribution >= 0.6 is 0 Å². The quantitative estimate of drug-likeness (QED) is 0.735. The lowest BCUT2D eigenvalue weighted by atomic mass is 10.0. The van der Waals surface area contributed by atoms with Crippen molar-refractivity contribution < 1.29 is 13.6 Å². The third kappa shape index (κ3) is 2.05. The van der Waals surface area contributed by atoms with Gasteiger partial charge in [0.2, 0.25) is 5.78 Å². The van der Waals surface area contributed by atoms with Crippen molar-refractivity contribution in [1.29, 1.82) is 5.26 Å². The Morgan fingerprint density at radius 2 is 2.24 bits per heavy atom. The number of hydrogen-bond donors (Lipinski definition) is 1. The van der Waals surface area contributed by atoms with E-state index in [1.807, 2.05) is 6.07 Å². The summed E-state index contributed by atoms with van der Waals surface area (Å²) in [7, 11) is 0. The first-order chi connectivity index (χ1) is 10.1. The molecule has 21 heavy (non-hydrogen) atoms. The maximum atomic E-state index is 13.7. The molecule has 1 radical (unpaired) electrons. The fourth-order valence-corrected chi connectivity index (χ4v) is 2.04. The van der Waals surface area contributed by atoms with Gasteiger partial charge in [0, 0.05) is 29.4 Å². The molecule has 0 atom stereocenters.